The molecule has 4 unspecified atom stereocenters. The fourth-order valence-corrected chi connectivity index (χ4v) is 5.06. The molecule has 4 rings (SSSR count). The van der Waals surface area contributed by atoms with Crippen molar-refractivity contribution in [1.82, 2.24) is 15.1 Å². The number of carbonyl (C=O) groups is 1. The van der Waals surface area contributed by atoms with E-state index in [1.54, 1.807) is 0 Å². The molecule has 4 fully saturated rings. The summed E-state index contributed by atoms with van der Waals surface area (Å²) in [6.07, 6.45) is 7.53. The molecule has 4 atom stereocenters. The molecule has 23 heavy (non-hydrogen) atoms. The Kier molecular flexibility index (Phi) is 4.88. The van der Waals surface area contributed by atoms with E-state index < -0.39 is 0 Å². The van der Waals surface area contributed by atoms with Gasteiger partial charge in [-0.3, -0.25) is 9.69 Å². The Labute approximate surface area is 139 Å². The van der Waals surface area contributed by atoms with E-state index in [0.717, 1.165) is 58.3 Å². The molecule has 0 spiro atoms. The van der Waals surface area contributed by atoms with Crippen molar-refractivity contribution in [2.75, 3.05) is 45.9 Å². The normalized spacial score (nSPS) is 38.7. The van der Waals surface area contributed by atoms with Gasteiger partial charge in [0, 0.05) is 38.8 Å². The zero-order valence-corrected chi connectivity index (χ0v) is 14.2. The number of nitrogens with one attached hydrogen (secondary N) is 1. The largest absolute Gasteiger partial charge is 0.379 e. The lowest BCUT2D eigenvalue weighted by Crippen LogP contribution is -2.45. The first-order valence-corrected chi connectivity index (χ1v) is 9.64. The van der Waals surface area contributed by atoms with Crippen LogP contribution < -0.4 is 5.32 Å². The average Bonchev–Trinajstić information content (AvgIpc) is 3.21. The molecule has 3 aliphatic heterocycles. The third-order valence-corrected chi connectivity index (χ3v) is 6.38. The highest BCUT2D eigenvalue weighted by molar-refractivity contribution is 5.82. The number of hydrogen-bond acceptors (Lipinski definition) is 4. The second kappa shape index (κ2) is 7.08. The molecule has 0 aromatic heterocycles. The van der Waals surface area contributed by atoms with Crippen molar-refractivity contribution in [2.24, 2.45) is 11.8 Å². The molecule has 0 aromatic rings. The van der Waals surface area contributed by atoms with Crippen LogP contribution in [0.3, 0.4) is 0 Å². The Balaban J connectivity index is 1.26. The molecule has 3 saturated heterocycles. The summed E-state index contributed by atoms with van der Waals surface area (Å²) in [4.78, 5) is 17.5. The highest BCUT2D eigenvalue weighted by atomic mass is 16.5. The van der Waals surface area contributed by atoms with Crippen molar-refractivity contribution in [3.8, 4) is 0 Å². The minimum Gasteiger partial charge on any atom is -0.379 e. The molecule has 1 N–H and O–H groups in total. The summed E-state index contributed by atoms with van der Waals surface area (Å²) in [6.45, 7) is 6.89. The van der Waals surface area contributed by atoms with Gasteiger partial charge in [0.1, 0.15) is 0 Å². The van der Waals surface area contributed by atoms with E-state index in [1.165, 1.54) is 32.1 Å². The summed E-state index contributed by atoms with van der Waals surface area (Å²) in [5.74, 6) is 1.79. The Hall–Kier alpha value is -0.650. The number of morpholine rings is 1. The van der Waals surface area contributed by atoms with Crippen LogP contribution in [0.5, 0.6) is 0 Å². The van der Waals surface area contributed by atoms with Crippen molar-refractivity contribution in [3.05, 3.63) is 0 Å². The van der Waals surface area contributed by atoms with E-state index in [4.69, 9.17) is 4.74 Å². The monoisotopic (exact) mass is 321 g/mol. The Morgan fingerprint density at radius 3 is 2.74 bits per heavy atom. The van der Waals surface area contributed by atoms with Crippen LogP contribution in [0.25, 0.3) is 0 Å². The number of amides is 1. The molecule has 1 aliphatic carbocycles. The molecule has 4 aliphatic rings. The standard InChI is InChI=1S/C18H31N3O2/c22-18(17-11-15-3-1-2-4-16(15)19-17)21-6-5-14(13-21)12-20-7-9-23-10-8-20/h14-17,19H,1-13H2. The molecule has 0 radical (unpaired) electrons. The molecular formula is C18H31N3O2. The first-order valence-electron chi connectivity index (χ1n) is 9.64. The first kappa shape index (κ1) is 15.9. The fraction of sp³-hybridized carbons (Fsp3) is 0.944. The lowest BCUT2D eigenvalue weighted by Gasteiger charge is -2.29. The van der Waals surface area contributed by atoms with Crippen LogP contribution in [-0.4, -0.2) is 73.7 Å². The fourth-order valence-electron chi connectivity index (χ4n) is 5.06. The quantitative estimate of drug-likeness (QED) is 0.845. The number of nitrogens with zero attached hydrogens (tertiary/aromatic N) is 2. The number of carbonyl (C=O) groups excluding carboxylic acids is 1. The van der Waals surface area contributed by atoms with Gasteiger partial charge in [0.05, 0.1) is 19.3 Å². The van der Waals surface area contributed by atoms with Gasteiger partial charge in [0.15, 0.2) is 0 Å². The van der Waals surface area contributed by atoms with Gasteiger partial charge in [-0.15, -0.1) is 0 Å². The topological polar surface area (TPSA) is 44.8 Å². The summed E-state index contributed by atoms with van der Waals surface area (Å²) in [5.41, 5.74) is 0. The maximum absolute atomic E-state index is 12.9. The zero-order chi connectivity index (χ0) is 15.6. The summed E-state index contributed by atoms with van der Waals surface area (Å²) in [6, 6.07) is 0.717. The van der Waals surface area contributed by atoms with Crippen molar-refractivity contribution >= 4 is 5.91 Å². The van der Waals surface area contributed by atoms with Gasteiger partial charge in [-0.1, -0.05) is 12.8 Å². The molecule has 3 heterocycles. The van der Waals surface area contributed by atoms with Crippen molar-refractivity contribution in [2.45, 2.75) is 50.6 Å². The van der Waals surface area contributed by atoms with E-state index in [2.05, 4.69) is 15.1 Å². The highest BCUT2D eigenvalue weighted by Crippen LogP contribution is 2.34. The molecule has 0 aromatic carbocycles. The van der Waals surface area contributed by atoms with Crippen LogP contribution in [-0.2, 0) is 9.53 Å². The average molecular weight is 321 g/mol. The SMILES string of the molecule is O=C(C1CC2CCCCC2N1)N1CCC(CN2CCOCC2)C1. The van der Waals surface area contributed by atoms with E-state index in [0.29, 0.717) is 17.9 Å². The summed E-state index contributed by atoms with van der Waals surface area (Å²) < 4.78 is 5.42. The smallest absolute Gasteiger partial charge is 0.239 e. The molecule has 1 amide bonds. The third kappa shape index (κ3) is 3.57. The van der Waals surface area contributed by atoms with E-state index >= 15 is 0 Å². The molecular weight excluding hydrogens is 290 g/mol. The molecule has 1 saturated carbocycles. The van der Waals surface area contributed by atoms with Crippen LogP contribution in [0, 0.1) is 11.8 Å². The lowest BCUT2D eigenvalue weighted by molar-refractivity contribution is -0.132. The number of fused-ring (bicyclic) bond motifs is 1. The Bertz CT molecular complexity index is 410. The Morgan fingerprint density at radius 1 is 1.09 bits per heavy atom. The van der Waals surface area contributed by atoms with Gasteiger partial charge in [0.2, 0.25) is 5.91 Å². The third-order valence-electron chi connectivity index (χ3n) is 6.38. The van der Waals surface area contributed by atoms with Gasteiger partial charge >= 0.3 is 0 Å². The van der Waals surface area contributed by atoms with E-state index in [1.807, 2.05) is 0 Å². The number of hydrogen-bond donors (Lipinski definition) is 1. The summed E-state index contributed by atoms with van der Waals surface area (Å²) >= 11 is 0. The van der Waals surface area contributed by atoms with Gasteiger partial charge in [0.25, 0.3) is 0 Å². The summed E-state index contributed by atoms with van der Waals surface area (Å²) in [5, 5.41) is 3.65. The predicted octanol–water partition coefficient (Wildman–Crippen LogP) is 1.09. The minimum absolute atomic E-state index is 0.102. The van der Waals surface area contributed by atoms with Gasteiger partial charge in [-0.05, 0) is 37.5 Å². The van der Waals surface area contributed by atoms with Crippen LogP contribution >= 0.6 is 0 Å². The van der Waals surface area contributed by atoms with Crippen molar-refractivity contribution in [1.29, 1.82) is 0 Å². The second-order valence-electron chi connectivity index (χ2n) is 7.96. The van der Waals surface area contributed by atoms with Crippen LogP contribution in [0.1, 0.15) is 38.5 Å². The van der Waals surface area contributed by atoms with Crippen molar-refractivity contribution < 1.29 is 9.53 Å². The molecule has 0 bridgehead atoms. The van der Waals surface area contributed by atoms with Gasteiger partial charge in [-0.25, -0.2) is 0 Å². The molecule has 130 valence electrons. The van der Waals surface area contributed by atoms with Gasteiger partial charge < -0.3 is 15.0 Å². The maximum atomic E-state index is 12.9. The highest BCUT2D eigenvalue weighted by Gasteiger charge is 2.41. The lowest BCUT2D eigenvalue weighted by atomic mass is 9.85. The minimum atomic E-state index is 0.102. The second-order valence-corrected chi connectivity index (χ2v) is 7.96. The summed E-state index contributed by atoms with van der Waals surface area (Å²) in [7, 11) is 0. The van der Waals surface area contributed by atoms with E-state index in [9.17, 15) is 4.79 Å². The molecule has 5 heteroatoms. The number of ether oxygens (including phenoxy) is 1. The van der Waals surface area contributed by atoms with E-state index in [-0.39, 0.29) is 6.04 Å². The van der Waals surface area contributed by atoms with Crippen LogP contribution in [0.15, 0.2) is 0 Å². The number of likely N-dealkylation sites (tertiary alicyclic amines) is 1. The van der Waals surface area contributed by atoms with Crippen LogP contribution in [0.2, 0.25) is 0 Å². The van der Waals surface area contributed by atoms with Gasteiger partial charge in [-0.2, -0.15) is 0 Å². The predicted molar refractivity (Wildman–Crippen MR) is 89.2 cm³/mol. The number of rotatable bonds is 3. The maximum Gasteiger partial charge on any atom is 0.239 e. The Morgan fingerprint density at radius 2 is 1.91 bits per heavy atom. The zero-order valence-electron chi connectivity index (χ0n) is 14.2. The molecule has 5 nitrogen and oxygen atoms in total. The van der Waals surface area contributed by atoms with Crippen LogP contribution in [0.4, 0.5) is 0 Å². The van der Waals surface area contributed by atoms with Crippen molar-refractivity contribution in [3.63, 3.8) is 0 Å². The first-order chi connectivity index (χ1) is 11.3.